The van der Waals surface area contributed by atoms with E-state index in [0.717, 1.165) is 38.9 Å². The highest BCUT2D eigenvalue weighted by atomic mass is 16.7. The average molecular weight is 660 g/mol. The molecule has 252 valence electrons. The summed E-state index contributed by atoms with van der Waals surface area (Å²) in [4.78, 5) is 4.68. The molecule has 49 heavy (non-hydrogen) atoms. The van der Waals surface area contributed by atoms with Gasteiger partial charge in [-0.1, -0.05) is 66.7 Å². The lowest BCUT2D eigenvalue weighted by Gasteiger charge is -2.57. The first kappa shape index (κ1) is 31.5. The molecule has 0 spiro atoms. The van der Waals surface area contributed by atoms with Crippen LogP contribution in [0.1, 0.15) is 56.6 Å². The molecule has 0 saturated carbocycles. The number of aromatic hydroxyl groups is 1. The van der Waals surface area contributed by atoms with Crippen LogP contribution in [-0.2, 0) is 30.8 Å². The molecule has 9 heteroatoms. The number of nitriles is 1. The van der Waals surface area contributed by atoms with Gasteiger partial charge >= 0.3 is 0 Å². The Morgan fingerprint density at radius 1 is 0.959 bits per heavy atom. The van der Waals surface area contributed by atoms with Gasteiger partial charge in [-0.15, -0.1) is 0 Å². The highest BCUT2D eigenvalue weighted by molar-refractivity contribution is 5.66. The monoisotopic (exact) mass is 659 g/mol. The lowest BCUT2D eigenvalue weighted by Crippen LogP contribution is -2.68. The van der Waals surface area contributed by atoms with E-state index in [9.17, 15) is 10.4 Å². The lowest BCUT2D eigenvalue weighted by atomic mass is 9.76. The summed E-state index contributed by atoms with van der Waals surface area (Å²) in [5.74, 6) is 2.82. The van der Waals surface area contributed by atoms with Crippen LogP contribution >= 0.6 is 0 Å². The van der Waals surface area contributed by atoms with E-state index in [0.29, 0.717) is 67.8 Å². The van der Waals surface area contributed by atoms with Crippen molar-refractivity contribution < 1.29 is 28.8 Å². The SMILES string of the molecule is COc1c(C)cc2c(c1OCc1ccccc1)C1[C@@H]3Cc4c(O)c(C)c5c(c4[C@H](COCc4ccccc4)N3C(C#N)(C2)CN1C)OCO5. The summed E-state index contributed by atoms with van der Waals surface area (Å²) in [5, 5.41) is 23.1. The summed E-state index contributed by atoms with van der Waals surface area (Å²) in [6, 6.07) is 24.5. The Morgan fingerprint density at radius 2 is 1.65 bits per heavy atom. The Bertz CT molecular complexity index is 1940. The predicted octanol–water partition coefficient (Wildman–Crippen LogP) is 6.32. The summed E-state index contributed by atoms with van der Waals surface area (Å²) >= 11 is 0. The van der Waals surface area contributed by atoms with Crippen molar-refractivity contribution in [2.24, 2.45) is 0 Å². The fraction of sp³-hybridized carbons (Fsp3) is 0.375. The summed E-state index contributed by atoms with van der Waals surface area (Å²) < 4.78 is 31.4. The number of fused-ring (bicyclic) bond motifs is 4. The van der Waals surface area contributed by atoms with Gasteiger partial charge in [0.25, 0.3) is 0 Å². The highest BCUT2D eigenvalue weighted by Gasteiger charge is 2.60. The summed E-state index contributed by atoms with van der Waals surface area (Å²) in [7, 11) is 3.78. The zero-order valence-electron chi connectivity index (χ0n) is 28.4. The first-order valence-corrected chi connectivity index (χ1v) is 16.9. The van der Waals surface area contributed by atoms with E-state index in [1.807, 2.05) is 62.4 Å². The van der Waals surface area contributed by atoms with Gasteiger partial charge in [0.2, 0.25) is 6.79 Å². The Hall–Kier alpha value is -4.75. The molecule has 0 aliphatic carbocycles. The number of ether oxygens (including phenoxy) is 5. The average Bonchev–Trinajstić information content (AvgIpc) is 3.52. The van der Waals surface area contributed by atoms with Gasteiger partial charge in [0.1, 0.15) is 17.9 Å². The van der Waals surface area contributed by atoms with Crippen LogP contribution in [-0.4, -0.2) is 60.6 Å². The van der Waals surface area contributed by atoms with Crippen LogP contribution in [0.2, 0.25) is 0 Å². The molecule has 2 unspecified atom stereocenters. The second kappa shape index (κ2) is 12.3. The molecular formula is C40H41N3O6. The molecule has 5 aliphatic rings. The van der Waals surface area contributed by atoms with Crippen LogP contribution < -0.4 is 18.9 Å². The van der Waals surface area contributed by atoms with Crippen LogP contribution in [0.3, 0.4) is 0 Å². The van der Waals surface area contributed by atoms with E-state index in [4.69, 9.17) is 23.7 Å². The van der Waals surface area contributed by atoms with E-state index in [-0.39, 0.29) is 30.7 Å². The van der Waals surface area contributed by atoms with Crippen molar-refractivity contribution in [1.82, 2.24) is 9.80 Å². The number of likely N-dealkylation sites (N-methyl/N-ethyl adjacent to an activating group) is 1. The van der Waals surface area contributed by atoms with E-state index in [1.54, 1.807) is 7.11 Å². The Kier molecular flexibility index (Phi) is 7.91. The van der Waals surface area contributed by atoms with E-state index >= 15 is 0 Å². The molecule has 9 rings (SSSR count). The third kappa shape index (κ3) is 5.01. The molecular weight excluding hydrogens is 618 g/mol. The second-order valence-electron chi connectivity index (χ2n) is 13.7. The standard InChI is InChI=1S/C40H41N3O6/c1-24-15-28-17-40(21-41)22-42(3)34(32(28)38(36(24)45-4)47-19-27-13-9-6-10-14-27)30-16-29-33(39-37(48-23-49-39)25(2)35(29)44)31(43(30)40)20-46-18-26-11-7-5-8-12-26/h5-15,30-31,34,44H,16-20,22-23H2,1-4H3/t30-,31-,34?,40?/m0/s1. The predicted molar refractivity (Wildman–Crippen MR) is 183 cm³/mol. The van der Waals surface area contributed by atoms with Crippen molar-refractivity contribution in [3.05, 3.63) is 111 Å². The van der Waals surface area contributed by atoms with Gasteiger partial charge in [-0.3, -0.25) is 9.80 Å². The van der Waals surface area contributed by atoms with Crippen LogP contribution in [0.5, 0.6) is 28.7 Å². The van der Waals surface area contributed by atoms with Gasteiger partial charge < -0.3 is 28.8 Å². The molecule has 1 saturated heterocycles. The minimum absolute atomic E-state index is 0.0778. The number of nitrogens with zero attached hydrogens (tertiary/aromatic N) is 3. The fourth-order valence-electron chi connectivity index (χ4n) is 8.84. The molecule has 0 radical (unpaired) electrons. The first-order chi connectivity index (χ1) is 23.8. The number of hydrogen-bond acceptors (Lipinski definition) is 9. The third-order valence-corrected chi connectivity index (χ3v) is 10.8. The quantitative estimate of drug-likeness (QED) is 0.233. The maximum atomic E-state index is 11.8. The maximum Gasteiger partial charge on any atom is 0.231 e. The molecule has 5 aliphatic heterocycles. The number of phenolic OH excluding ortho intramolecular Hbond substituents is 1. The van der Waals surface area contributed by atoms with E-state index in [1.165, 1.54) is 0 Å². The number of rotatable bonds is 8. The smallest absolute Gasteiger partial charge is 0.231 e. The zero-order chi connectivity index (χ0) is 33.9. The van der Waals surface area contributed by atoms with Crippen LogP contribution in [0.15, 0.2) is 66.7 Å². The minimum atomic E-state index is -0.912. The largest absolute Gasteiger partial charge is 0.507 e. The van der Waals surface area contributed by atoms with Gasteiger partial charge in [-0.2, -0.15) is 5.26 Å². The van der Waals surface area contributed by atoms with Crippen molar-refractivity contribution in [1.29, 1.82) is 5.26 Å². The molecule has 4 aromatic rings. The summed E-state index contributed by atoms with van der Waals surface area (Å²) in [6.45, 7) is 5.59. The lowest BCUT2D eigenvalue weighted by molar-refractivity contribution is -0.0938. The van der Waals surface area contributed by atoms with Crippen LogP contribution in [0.25, 0.3) is 0 Å². The molecule has 4 atom stereocenters. The van der Waals surface area contributed by atoms with Gasteiger partial charge in [0.05, 0.1) is 38.5 Å². The van der Waals surface area contributed by atoms with Crippen molar-refractivity contribution in [2.75, 3.05) is 34.1 Å². The van der Waals surface area contributed by atoms with E-state index in [2.05, 4.69) is 41.1 Å². The third-order valence-electron chi connectivity index (χ3n) is 10.8. The Morgan fingerprint density at radius 3 is 2.35 bits per heavy atom. The van der Waals surface area contributed by atoms with Crippen molar-refractivity contribution in [2.45, 2.75) is 63.6 Å². The molecule has 4 aromatic carbocycles. The molecule has 1 N–H and O–H groups in total. The zero-order valence-corrected chi connectivity index (χ0v) is 28.4. The highest BCUT2D eigenvalue weighted by Crippen LogP contribution is 2.59. The molecule has 0 amide bonds. The number of benzene rings is 4. The number of hydrogen-bond donors (Lipinski definition) is 1. The molecule has 9 nitrogen and oxygen atoms in total. The van der Waals surface area contributed by atoms with Crippen LogP contribution in [0, 0.1) is 25.2 Å². The molecule has 5 heterocycles. The summed E-state index contributed by atoms with van der Waals surface area (Å²) in [6.07, 6.45) is 0.991. The van der Waals surface area contributed by atoms with Crippen molar-refractivity contribution in [3.63, 3.8) is 0 Å². The molecule has 1 fully saturated rings. The Labute approximate surface area is 287 Å². The van der Waals surface area contributed by atoms with Crippen LogP contribution in [0.4, 0.5) is 0 Å². The van der Waals surface area contributed by atoms with Crippen molar-refractivity contribution >= 4 is 0 Å². The maximum absolute atomic E-state index is 11.8. The summed E-state index contributed by atoms with van der Waals surface area (Å²) in [5.41, 5.74) is 6.61. The van der Waals surface area contributed by atoms with Gasteiger partial charge in [0.15, 0.2) is 23.0 Å². The fourth-order valence-corrected chi connectivity index (χ4v) is 8.84. The number of methoxy groups -OCH3 is 1. The van der Waals surface area contributed by atoms with Gasteiger partial charge in [0, 0.05) is 41.3 Å². The first-order valence-electron chi connectivity index (χ1n) is 16.9. The second-order valence-corrected chi connectivity index (χ2v) is 13.7. The van der Waals surface area contributed by atoms with Gasteiger partial charge in [-0.05, 0) is 49.6 Å². The van der Waals surface area contributed by atoms with E-state index < -0.39 is 5.54 Å². The molecule has 0 aromatic heterocycles. The normalized spacial score (nSPS) is 23.6. The van der Waals surface area contributed by atoms with Crippen molar-refractivity contribution in [3.8, 4) is 34.8 Å². The number of aryl methyl sites for hydroxylation is 1. The number of piperazine rings is 1. The number of phenols is 1. The minimum Gasteiger partial charge on any atom is -0.507 e. The Balaban J connectivity index is 1.30. The topological polar surface area (TPSA) is 96.7 Å². The van der Waals surface area contributed by atoms with Gasteiger partial charge in [-0.25, -0.2) is 0 Å². The molecule has 2 bridgehead atoms.